The van der Waals surface area contributed by atoms with Gasteiger partial charge in [-0.05, 0) is 51.2 Å². The van der Waals surface area contributed by atoms with Gasteiger partial charge in [0.1, 0.15) is 0 Å². The van der Waals surface area contributed by atoms with E-state index in [0.29, 0.717) is 36.3 Å². The number of ether oxygens (including phenoxy) is 4. The summed E-state index contributed by atoms with van der Waals surface area (Å²) in [7, 11) is 0. The summed E-state index contributed by atoms with van der Waals surface area (Å²) in [5.74, 6) is 0.511. The van der Waals surface area contributed by atoms with Crippen LogP contribution < -0.4 is 14.8 Å². The van der Waals surface area contributed by atoms with Crippen molar-refractivity contribution in [3.05, 3.63) is 30.0 Å². The number of anilines is 1. The zero-order valence-corrected chi connectivity index (χ0v) is 21.7. The Morgan fingerprint density at radius 1 is 0.857 bits per heavy atom. The zero-order valence-electron chi connectivity index (χ0n) is 21.7. The van der Waals surface area contributed by atoms with Crippen molar-refractivity contribution >= 4 is 17.6 Å². The minimum absolute atomic E-state index is 0.166. The molecule has 0 unspecified atom stereocenters. The SMILES string of the molecule is CCCCCCCCCCOc1ccc(NC=C(C(=O)OCC)C(=O)OCC)cc1OCC1CC1. The molecule has 0 aromatic heterocycles. The van der Waals surface area contributed by atoms with E-state index in [1.165, 1.54) is 64.0 Å². The zero-order chi connectivity index (χ0) is 25.3. The van der Waals surface area contributed by atoms with Crippen LogP contribution in [0, 0.1) is 5.92 Å². The van der Waals surface area contributed by atoms with Gasteiger partial charge in [-0.2, -0.15) is 0 Å². The molecule has 0 bridgehead atoms. The number of rotatable bonds is 19. The second-order valence-corrected chi connectivity index (χ2v) is 8.88. The molecule has 0 saturated heterocycles. The van der Waals surface area contributed by atoms with Gasteiger partial charge in [0.25, 0.3) is 0 Å². The highest BCUT2D eigenvalue weighted by Crippen LogP contribution is 2.34. The maximum absolute atomic E-state index is 12.2. The number of carbonyl (C=O) groups excluding carboxylic acids is 2. The first-order chi connectivity index (χ1) is 17.1. The fraction of sp³-hybridized carbons (Fsp3) is 0.643. The topological polar surface area (TPSA) is 83.1 Å². The van der Waals surface area contributed by atoms with Gasteiger partial charge in [0.05, 0.1) is 26.4 Å². The van der Waals surface area contributed by atoms with Crippen molar-refractivity contribution in [2.24, 2.45) is 5.92 Å². The minimum atomic E-state index is -0.728. The summed E-state index contributed by atoms with van der Waals surface area (Å²) >= 11 is 0. The van der Waals surface area contributed by atoms with Gasteiger partial charge in [-0.1, -0.05) is 51.9 Å². The number of unbranched alkanes of at least 4 members (excludes halogenated alkanes) is 7. The van der Waals surface area contributed by atoms with Gasteiger partial charge in [0, 0.05) is 18.0 Å². The average molecular weight is 490 g/mol. The van der Waals surface area contributed by atoms with Crippen molar-refractivity contribution in [2.75, 3.05) is 31.7 Å². The number of hydrogen-bond donors (Lipinski definition) is 1. The van der Waals surface area contributed by atoms with E-state index in [0.717, 1.165) is 6.42 Å². The first kappa shape index (κ1) is 28.5. The highest BCUT2D eigenvalue weighted by atomic mass is 16.6. The molecule has 0 spiro atoms. The van der Waals surface area contributed by atoms with Gasteiger partial charge in [0.2, 0.25) is 0 Å². The molecule has 1 aromatic rings. The quantitative estimate of drug-likeness (QED) is 0.0789. The smallest absolute Gasteiger partial charge is 0.347 e. The van der Waals surface area contributed by atoms with Crippen LogP contribution in [0.1, 0.15) is 85.0 Å². The Morgan fingerprint density at radius 3 is 2.09 bits per heavy atom. The summed E-state index contributed by atoms with van der Waals surface area (Å²) in [6, 6.07) is 5.52. The lowest BCUT2D eigenvalue weighted by Crippen LogP contribution is -2.19. The van der Waals surface area contributed by atoms with E-state index >= 15 is 0 Å². The van der Waals surface area contributed by atoms with Gasteiger partial charge >= 0.3 is 11.9 Å². The highest BCUT2D eigenvalue weighted by molar-refractivity contribution is 6.14. The molecule has 1 aliphatic carbocycles. The molecule has 1 N–H and O–H groups in total. The van der Waals surface area contributed by atoms with Gasteiger partial charge < -0.3 is 24.3 Å². The van der Waals surface area contributed by atoms with Gasteiger partial charge in [-0.15, -0.1) is 0 Å². The Labute approximate surface area is 210 Å². The van der Waals surface area contributed by atoms with Gasteiger partial charge in [-0.25, -0.2) is 9.59 Å². The van der Waals surface area contributed by atoms with E-state index < -0.39 is 11.9 Å². The Kier molecular flexibility index (Phi) is 13.7. The number of carbonyl (C=O) groups is 2. The molecule has 0 heterocycles. The number of hydrogen-bond acceptors (Lipinski definition) is 7. The van der Waals surface area contributed by atoms with Crippen molar-refractivity contribution < 1.29 is 28.5 Å². The fourth-order valence-corrected chi connectivity index (χ4v) is 3.51. The predicted molar refractivity (Wildman–Crippen MR) is 138 cm³/mol. The van der Waals surface area contributed by atoms with Crippen LogP contribution >= 0.6 is 0 Å². The lowest BCUT2D eigenvalue weighted by atomic mass is 10.1. The molecule has 1 saturated carbocycles. The summed E-state index contributed by atoms with van der Waals surface area (Å²) in [5.41, 5.74) is 0.477. The van der Waals surface area contributed by atoms with Crippen LogP contribution in [-0.4, -0.2) is 38.4 Å². The largest absolute Gasteiger partial charge is 0.490 e. The average Bonchev–Trinajstić information content (AvgIpc) is 3.67. The second-order valence-electron chi connectivity index (χ2n) is 8.88. The Bertz CT molecular complexity index is 783. The molecular weight excluding hydrogens is 446 g/mol. The van der Waals surface area contributed by atoms with Gasteiger partial charge in [-0.3, -0.25) is 0 Å². The highest BCUT2D eigenvalue weighted by Gasteiger charge is 2.23. The monoisotopic (exact) mass is 489 g/mol. The summed E-state index contributed by atoms with van der Waals surface area (Å²) in [6.45, 7) is 7.25. The molecular formula is C28H43NO6. The van der Waals surface area contributed by atoms with E-state index in [1.54, 1.807) is 13.8 Å². The molecule has 0 aliphatic heterocycles. The summed E-state index contributed by atoms with van der Waals surface area (Å²) in [5, 5.41) is 3.00. The molecule has 0 atom stereocenters. The van der Waals surface area contributed by atoms with Crippen LogP contribution in [0.2, 0.25) is 0 Å². The standard InChI is InChI=1S/C28H43NO6/c1-4-7-8-9-10-11-12-13-18-34-25-17-16-23(19-26(25)35-21-22-14-15-22)29-20-24(27(30)32-5-2)28(31)33-6-3/h16-17,19-20,22,29H,4-15,18,21H2,1-3H3. The molecule has 7 nitrogen and oxygen atoms in total. The minimum Gasteiger partial charge on any atom is -0.490 e. The van der Waals surface area contributed by atoms with Crippen LogP contribution in [0.5, 0.6) is 11.5 Å². The third-order valence-electron chi connectivity index (χ3n) is 5.74. The van der Waals surface area contributed by atoms with Crippen molar-refractivity contribution in [1.29, 1.82) is 0 Å². The van der Waals surface area contributed by atoms with E-state index in [-0.39, 0.29) is 18.8 Å². The molecule has 7 heteroatoms. The molecule has 1 fully saturated rings. The van der Waals surface area contributed by atoms with E-state index in [9.17, 15) is 9.59 Å². The van der Waals surface area contributed by atoms with E-state index in [1.807, 2.05) is 18.2 Å². The molecule has 35 heavy (non-hydrogen) atoms. The lowest BCUT2D eigenvalue weighted by molar-refractivity contribution is -0.146. The first-order valence-electron chi connectivity index (χ1n) is 13.3. The molecule has 2 rings (SSSR count). The molecule has 0 radical (unpaired) electrons. The van der Waals surface area contributed by atoms with Crippen LogP contribution in [-0.2, 0) is 19.1 Å². The number of benzene rings is 1. The Hall–Kier alpha value is -2.70. The van der Waals surface area contributed by atoms with Crippen LogP contribution in [0.3, 0.4) is 0 Å². The fourth-order valence-electron chi connectivity index (χ4n) is 3.51. The van der Waals surface area contributed by atoms with Crippen LogP contribution in [0.25, 0.3) is 0 Å². The first-order valence-corrected chi connectivity index (χ1v) is 13.3. The predicted octanol–water partition coefficient (Wildman–Crippen LogP) is 6.42. The Balaban J connectivity index is 1.95. The van der Waals surface area contributed by atoms with Crippen LogP contribution in [0.15, 0.2) is 30.0 Å². The van der Waals surface area contributed by atoms with Crippen molar-refractivity contribution in [3.8, 4) is 11.5 Å². The molecule has 1 aliphatic rings. The van der Waals surface area contributed by atoms with E-state index in [2.05, 4.69) is 12.2 Å². The Morgan fingerprint density at radius 2 is 1.49 bits per heavy atom. The third-order valence-corrected chi connectivity index (χ3v) is 5.74. The third kappa shape index (κ3) is 11.5. The summed E-state index contributed by atoms with van der Waals surface area (Å²) < 4.78 is 22.0. The van der Waals surface area contributed by atoms with Crippen molar-refractivity contribution in [3.63, 3.8) is 0 Å². The molecule has 196 valence electrons. The summed E-state index contributed by atoms with van der Waals surface area (Å²) in [6.07, 6.45) is 13.7. The van der Waals surface area contributed by atoms with Crippen molar-refractivity contribution in [1.82, 2.24) is 0 Å². The number of nitrogens with one attached hydrogen (secondary N) is 1. The number of esters is 2. The van der Waals surface area contributed by atoms with E-state index in [4.69, 9.17) is 18.9 Å². The van der Waals surface area contributed by atoms with Crippen molar-refractivity contribution in [2.45, 2.75) is 85.0 Å². The molecule has 0 amide bonds. The summed E-state index contributed by atoms with van der Waals surface area (Å²) in [4.78, 5) is 24.3. The maximum Gasteiger partial charge on any atom is 0.347 e. The second kappa shape index (κ2) is 16.8. The lowest BCUT2D eigenvalue weighted by Gasteiger charge is -2.15. The van der Waals surface area contributed by atoms with Gasteiger partial charge in [0.15, 0.2) is 17.1 Å². The molecule has 1 aromatic carbocycles. The normalized spacial score (nSPS) is 12.5. The maximum atomic E-state index is 12.2. The van der Waals surface area contributed by atoms with Crippen LogP contribution in [0.4, 0.5) is 5.69 Å².